The summed E-state index contributed by atoms with van der Waals surface area (Å²) in [6.45, 7) is 4.85. The van der Waals surface area contributed by atoms with Crippen LogP contribution in [0.4, 0.5) is 0 Å². The van der Waals surface area contributed by atoms with Gasteiger partial charge in [0.25, 0.3) is 0 Å². The molecule has 0 heterocycles. The van der Waals surface area contributed by atoms with Crippen LogP contribution in [0.5, 0.6) is 0 Å². The first-order chi connectivity index (χ1) is 12.7. The minimum absolute atomic E-state index is 0. The van der Waals surface area contributed by atoms with Crippen molar-refractivity contribution < 1.29 is 21.5 Å². The van der Waals surface area contributed by atoms with Crippen molar-refractivity contribution in [2.45, 2.75) is 96.7 Å². The Bertz CT molecular complexity index is 593. The van der Waals surface area contributed by atoms with Crippen LogP contribution in [0.15, 0.2) is 0 Å². The quantitative estimate of drug-likeness (QED) is 0.611. The molecule has 0 spiro atoms. The van der Waals surface area contributed by atoms with Gasteiger partial charge in [-0.1, -0.05) is 13.8 Å². The third-order valence-corrected chi connectivity index (χ3v) is 9.76. The van der Waals surface area contributed by atoms with Crippen LogP contribution in [0, 0.1) is 40.4 Å². The molecule has 4 aliphatic carbocycles. The van der Waals surface area contributed by atoms with Gasteiger partial charge in [0.1, 0.15) is 0 Å². The lowest BCUT2D eigenvalue weighted by Crippen LogP contribution is -2.56. The molecule has 0 amide bonds. The average Bonchev–Trinajstić information content (AvgIpc) is 2.90. The second kappa shape index (κ2) is 6.73. The van der Waals surface area contributed by atoms with E-state index < -0.39 is 11.8 Å². The fourth-order valence-electron chi connectivity index (χ4n) is 8.47. The molecule has 0 aromatic rings. The molecule has 0 aromatic heterocycles. The Kier molecular flexibility index (Phi) is 4.91. The summed E-state index contributed by atoms with van der Waals surface area (Å²) < 4.78 is 0. The molecule has 0 radical (unpaired) electrons. The monoisotopic (exact) mass is 380 g/mol. The average molecular weight is 381 g/mol. The Morgan fingerprint density at radius 1 is 0.963 bits per heavy atom. The number of carbonyl (C=O) groups is 1. The second-order valence-corrected chi connectivity index (χ2v) is 11.0. The molecule has 0 bridgehead atoms. The van der Waals surface area contributed by atoms with Crippen molar-refractivity contribution in [3.8, 4) is 0 Å². The Hall–Kier alpha value is -0.610. The topological polar surface area (TPSA) is 77.8 Å². The van der Waals surface area contributed by atoms with Gasteiger partial charge < -0.3 is 15.3 Å². The minimum Gasteiger partial charge on any atom is -0.481 e. The van der Waals surface area contributed by atoms with E-state index in [4.69, 9.17) is 5.11 Å². The standard InChI is InChI=1S/C23H38O4.H2/c1-21-12-11-19-17(18(21)9-7-15(21)4-3-5-20(24)25)8-6-16-10-13-23(26,27)14-22(16,19)2;/h15-19,26-27H,3-14H2,1-2H3,(H,24,25);1H. The number of carboxylic acid groups (broad SMARTS) is 1. The largest absolute Gasteiger partial charge is 0.481 e. The van der Waals surface area contributed by atoms with Gasteiger partial charge in [-0.15, -0.1) is 0 Å². The Morgan fingerprint density at radius 2 is 1.70 bits per heavy atom. The van der Waals surface area contributed by atoms with E-state index in [1.807, 2.05) is 0 Å². The third kappa shape index (κ3) is 3.25. The number of aliphatic hydroxyl groups is 2. The van der Waals surface area contributed by atoms with Crippen LogP contribution in [0.2, 0.25) is 0 Å². The Labute approximate surface area is 165 Å². The number of aliphatic carboxylic acids is 1. The third-order valence-electron chi connectivity index (χ3n) is 9.76. The van der Waals surface area contributed by atoms with Gasteiger partial charge in [-0.25, -0.2) is 0 Å². The number of hydrogen-bond acceptors (Lipinski definition) is 3. The molecule has 7 unspecified atom stereocenters. The maximum absolute atomic E-state index is 10.9. The zero-order valence-electron chi connectivity index (χ0n) is 17.1. The van der Waals surface area contributed by atoms with Gasteiger partial charge in [-0.05, 0) is 98.2 Å². The second-order valence-electron chi connectivity index (χ2n) is 11.0. The predicted molar refractivity (Wildman–Crippen MR) is 106 cm³/mol. The zero-order chi connectivity index (χ0) is 19.4. The highest BCUT2D eigenvalue weighted by molar-refractivity contribution is 5.66. The van der Waals surface area contributed by atoms with Crippen molar-refractivity contribution in [1.29, 1.82) is 0 Å². The first-order valence-corrected chi connectivity index (χ1v) is 11.3. The van der Waals surface area contributed by atoms with E-state index in [1.54, 1.807) is 0 Å². The molecule has 7 atom stereocenters. The predicted octanol–water partition coefficient (Wildman–Crippen LogP) is 4.83. The number of carboxylic acids is 1. The molecule has 3 N–H and O–H groups in total. The molecule has 0 saturated heterocycles. The molecule has 27 heavy (non-hydrogen) atoms. The summed E-state index contributed by atoms with van der Waals surface area (Å²) in [5, 5.41) is 29.8. The van der Waals surface area contributed by atoms with Crippen molar-refractivity contribution in [1.82, 2.24) is 0 Å². The lowest BCUT2D eigenvalue weighted by molar-refractivity contribution is -0.242. The first kappa shape index (κ1) is 19.7. The SMILES string of the molecule is CC12CCC3C(CCC4CCC(O)(O)CC43C)C1CCC2CCCC(=O)O.[HH]. The van der Waals surface area contributed by atoms with Gasteiger partial charge >= 0.3 is 5.97 Å². The fourth-order valence-corrected chi connectivity index (χ4v) is 8.47. The van der Waals surface area contributed by atoms with Gasteiger partial charge in [-0.2, -0.15) is 0 Å². The highest BCUT2D eigenvalue weighted by atomic mass is 16.5. The van der Waals surface area contributed by atoms with E-state index >= 15 is 0 Å². The van der Waals surface area contributed by atoms with E-state index in [0.29, 0.717) is 42.4 Å². The summed E-state index contributed by atoms with van der Waals surface area (Å²) in [6, 6.07) is 0. The van der Waals surface area contributed by atoms with E-state index in [-0.39, 0.29) is 6.84 Å². The Balaban J connectivity index is 0.00000225. The highest BCUT2D eigenvalue weighted by Gasteiger charge is 2.61. The molecule has 156 valence electrons. The van der Waals surface area contributed by atoms with E-state index in [1.165, 1.54) is 38.5 Å². The number of rotatable bonds is 4. The summed E-state index contributed by atoms with van der Waals surface area (Å²) >= 11 is 0. The van der Waals surface area contributed by atoms with Crippen LogP contribution in [0.1, 0.15) is 92.3 Å². The molecular weight excluding hydrogens is 340 g/mol. The summed E-state index contributed by atoms with van der Waals surface area (Å²) in [6.07, 6.45) is 11.8. The van der Waals surface area contributed by atoms with Crippen molar-refractivity contribution in [3.63, 3.8) is 0 Å². The van der Waals surface area contributed by atoms with Crippen LogP contribution in [0.3, 0.4) is 0 Å². The molecule has 4 heteroatoms. The molecule has 4 aliphatic rings. The summed E-state index contributed by atoms with van der Waals surface area (Å²) in [4.78, 5) is 10.9. The van der Waals surface area contributed by atoms with Crippen LogP contribution < -0.4 is 0 Å². The molecule has 0 aromatic carbocycles. The fraction of sp³-hybridized carbons (Fsp3) is 0.957. The minimum atomic E-state index is -1.47. The molecule has 4 fully saturated rings. The van der Waals surface area contributed by atoms with Gasteiger partial charge in [-0.3, -0.25) is 4.79 Å². The van der Waals surface area contributed by atoms with Gasteiger partial charge in [0.15, 0.2) is 5.79 Å². The van der Waals surface area contributed by atoms with Gasteiger partial charge in [0, 0.05) is 20.7 Å². The summed E-state index contributed by atoms with van der Waals surface area (Å²) in [5.74, 6) is 1.30. The Morgan fingerprint density at radius 3 is 2.44 bits per heavy atom. The van der Waals surface area contributed by atoms with E-state index in [0.717, 1.165) is 31.1 Å². The van der Waals surface area contributed by atoms with Crippen LogP contribution in [-0.4, -0.2) is 27.1 Å². The summed E-state index contributed by atoms with van der Waals surface area (Å²) in [5.41, 5.74) is 0.445. The smallest absolute Gasteiger partial charge is 0.303 e. The zero-order valence-corrected chi connectivity index (χ0v) is 17.1. The lowest BCUT2D eigenvalue weighted by Gasteiger charge is -2.61. The molecular formula is C23H40O4. The first-order valence-electron chi connectivity index (χ1n) is 11.3. The number of hydrogen-bond donors (Lipinski definition) is 3. The molecule has 4 nitrogen and oxygen atoms in total. The van der Waals surface area contributed by atoms with E-state index in [9.17, 15) is 15.0 Å². The maximum Gasteiger partial charge on any atom is 0.303 e. The number of fused-ring (bicyclic) bond motifs is 5. The van der Waals surface area contributed by atoms with Crippen molar-refractivity contribution in [3.05, 3.63) is 0 Å². The van der Waals surface area contributed by atoms with Crippen LogP contribution in [0.25, 0.3) is 0 Å². The van der Waals surface area contributed by atoms with Crippen molar-refractivity contribution >= 4 is 5.97 Å². The van der Waals surface area contributed by atoms with Crippen molar-refractivity contribution in [2.24, 2.45) is 40.4 Å². The normalized spacial score (nSPS) is 48.4. The molecule has 0 aliphatic heterocycles. The van der Waals surface area contributed by atoms with Crippen molar-refractivity contribution in [2.75, 3.05) is 0 Å². The maximum atomic E-state index is 10.9. The summed E-state index contributed by atoms with van der Waals surface area (Å²) in [7, 11) is 0. The van der Waals surface area contributed by atoms with Gasteiger partial charge in [0.05, 0.1) is 0 Å². The molecule has 4 saturated carbocycles. The van der Waals surface area contributed by atoms with Crippen LogP contribution >= 0.6 is 0 Å². The highest BCUT2D eigenvalue weighted by Crippen LogP contribution is 2.68. The lowest BCUT2D eigenvalue weighted by atomic mass is 9.44. The van der Waals surface area contributed by atoms with Gasteiger partial charge in [0.2, 0.25) is 0 Å². The van der Waals surface area contributed by atoms with Crippen LogP contribution in [-0.2, 0) is 4.79 Å². The van der Waals surface area contributed by atoms with E-state index in [2.05, 4.69) is 13.8 Å². The molecule has 4 rings (SSSR count).